The third-order valence-electron chi connectivity index (χ3n) is 12.8. The molecule has 6 heteroatoms. The van der Waals surface area contributed by atoms with Crippen LogP contribution in [0.25, 0.3) is 0 Å². The van der Waals surface area contributed by atoms with Crippen LogP contribution in [0.15, 0.2) is 158 Å². The first kappa shape index (κ1) is 73.0. The maximum absolute atomic E-state index is 12.8. The van der Waals surface area contributed by atoms with E-state index in [0.29, 0.717) is 19.3 Å². The summed E-state index contributed by atoms with van der Waals surface area (Å²) in [5.74, 6) is -1.01. The molecule has 0 radical (unpaired) electrons. The number of esters is 3. The Balaban J connectivity index is 4.24. The number of unbranched alkanes of at least 4 members (excludes halogenated alkanes) is 18. The van der Waals surface area contributed by atoms with Gasteiger partial charge in [-0.2, -0.15) is 0 Å². The van der Waals surface area contributed by atoms with E-state index >= 15 is 0 Å². The van der Waals surface area contributed by atoms with Gasteiger partial charge >= 0.3 is 17.9 Å². The summed E-state index contributed by atoms with van der Waals surface area (Å²) in [6.07, 6.45) is 94.2. The molecule has 0 bridgehead atoms. The Bertz CT molecular complexity index is 1760. The lowest BCUT2D eigenvalue weighted by molar-refractivity contribution is -0.166. The van der Waals surface area contributed by atoms with Gasteiger partial charge in [-0.05, 0) is 116 Å². The number of allylic oxidation sites excluding steroid dienone is 26. The molecule has 0 fully saturated rings. The number of carbonyl (C=O) groups is 3. The smallest absolute Gasteiger partial charge is 0.306 e. The highest BCUT2D eigenvalue weighted by Gasteiger charge is 2.19. The van der Waals surface area contributed by atoms with Gasteiger partial charge in [-0.25, -0.2) is 0 Å². The van der Waals surface area contributed by atoms with Crippen LogP contribution in [-0.4, -0.2) is 37.2 Å². The van der Waals surface area contributed by atoms with Gasteiger partial charge < -0.3 is 14.2 Å². The van der Waals surface area contributed by atoms with Crippen molar-refractivity contribution in [1.29, 1.82) is 0 Å². The quantitative estimate of drug-likeness (QED) is 0.0261. The van der Waals surface area contributed by atoms with Crippen LogP contribution in [-0.2, 0) is 28.6 Å². The van der Waals surface area contributed by atoms with E-state index in [9.17, 15) is 14.4 Å². The number of ether oxygens (including phenoxy) is 3. The van der Waals surface area contributed by atoms with E-state index in [2.05, 4.69) is 167 Å². The molecule has 0 aliphatic rings. The minimum Gasteiger partial charge on any atom is -0.462 e. The van der Waals surface area contributed by atoms with E-state index in [0.717, 1.165) is 122 Å². The van der Waals surface area contributed by atoms with Gasteiger partial charge in [0.1, 0.15) is 13.2 Å². The molecular formula is C72H114O6. The van der Waals surface area contributed by atoms with E-state index in [4.69, 9.17) is 14.2 Å². The van der Waals surface area contributed by atoms with Crippen molar-refractivity contribution in [2.75, 3.05) is 13.2 Å². The Morgan fingerprint density at radius 3 is 0.833 bits per heavy atom. The lowest BCUT2D eigenvalue weighted by Crippen LogP contribution is -2.30. The van der Waals surface area contributed by atoms with Crippen molar-refractivity contribution in [2.45, 2.75) is 264 Å². The van der Waals surface area contributed by atoms with Gasteiger partial charge in [-0.15, -0.1) is 0 Å². The fourth-order valence-corrected chi connectivity index (χ4v) is 8.15. The van der Waals surface area contributed by atoms with Crippen LogP contribution in [0.5, 0.6) is 0 Å². The average molecular weight is 1080 g/mol. The van der Waals surface area contributed by atoms with Crippen molar-refractivity contribution in [3.05, 3.63) is 158 Å². The van der Waals surface area contributed by atoms with Gasteiger partial charge in [0, 0.05) is 19.3 Å². The van der Waals surface area contributed by atoms with Crippen LogP contribution in [0.4, 0.5) is 0 Å². The molecule has 0 aliphatic carbocycles. The van der Waals surface area contributed by atoms with Crippen molar-refractivity contribution in [3.8, 4) is 0 Å². The van der Waals surface area contributed by atoms with Gasteiger partial charge in [-0.1, -0.05) is 281 Å². The topological polar surface area (TPSA) is 78.9 Å². The molecule has 6 nitrogen and oxygen atoms in total. The summed E-state index contributed by atoms with van der Waals surface area (Å²) >= 11 is 0. The molecule has 438 valence electrons. The molecule has 0 amide bonds. The standard InChI is InChI=1S/C72H114O6/c1-4-7-10-13-16-19-21-23-25-27-29-30-31-32-33-34-35-36-37-38-39-40-41-42-44-45-47-49-51-53-56-59-62-65-71(74)77-68-69(67-76-70(73)64-61-58-55-18-15-12-9-6-3)78-72(75)66-63-60-57-54-52-50-48-46-43-28-26-24-22-20-17-14-11-8-5-2/h7-8,10-11,16-17,19-20,23-26,29-30,32-33,35-36,38-39,43,46,50,52,57,60,69H,4-6,9,12-15,18,21-22,27-28,31,34,37,40-42,44-45,47-49,51,53-56,58-59,61-68H2,1-3H3/b10-7-,11-8-,19-16-,20-17-,25-23-,26-24-,30-29-,33-32-,36-35-,39-38-,46-43-,52-50-,60-57-. The molecular weight excluding hydrogens is 961 g/mol. The summed E-state index contributed by atoms with van der Waals surface area (Å²) in [7, 11) is 0. The van der Waals surface area contributed by atoms with Crippen molar-refractivity contribution in [1.82, 2.24) is 0 Å². The summed E-state index contributed by atoms with van der Waals surface area (Å²) < 4.78 is 16.8. The maximum atomic E-state index is 12.8. The minimum atomic E-state index is -0.823. The van der Waals surface area contributed by atoms with Crippen LogP contribution in [0.1, 0.15) is 258 Å². The molecule has 0 aromatic rings. The van der Waals surface area contributed by atoms with Gasteiger partial charge in [0.15, 0.2) is 6.10 Å². The van der Waals surface area contributed by atoms with Gasteiger partial charge in [0.05, 0.1) is 0 Å². The second kappa shape index (κ2) is 64.6. The number of carbonyl (C=O) groups excluding carboxylic acids is 3. The summed E-state index contributed by atoms with van der Waals surface area (Å²) in [5.41, 5.74) is 0. The Morgan fingerprint density at radius 2 is 0.526 bits per heavy atom. The highest BCUT2D eigenvalue weighted by Crippen LogP contribution is 2.15. The summed E-state index contributed by atoms with van der Waals surface area (Å²) in [6.45, 7) is 6.31. The van der Waals surface area contributed by atoms with Crippen LogP contribution in [0.2, 0.25) is 0 Å². The molecule has 0 aromatic heterocycles. The van der Waals surface area contributed by atoms with E-state index in [1.54, 1.807) is 0 Å². The van der Waals surface area contributed by atoms with Gasteiger partial charge in [-0.3, -0.25) is 14.4 Å². The molecule has 0 aliphatic heterocycles. The number of hydrogen-bond acceptors (Lipinski definition) is 6. The third-order valence-corrected chi connectivity index (χ3v) is 12.8. The molecule has 0 aromatic carbocycles. The second-order valence-electron chi connectivity index (χ2n) is 20.2. The zero-order valence-electron chi connectivity index (χ0n) is 50.1. The van der Waals surface area contributed by atoms with Gasteiger partial charge in [0.25, 0.3) is 0 Å². The second-order valence-corrected chi connectivity index (χ2v) is 20.2. The molecule has 1 atom stereocenters. The van der Waals surface area contributed by atoms with Crippen LogP contribution in [0.3, 0.4) is 0 Å². The monoisotopic (exact) mass is 1070 g/mol. The van der Waals surface area contributed by atoms with E-state index in [-0.39, 0.29) is 31.6 Å². The summed E-state index contributed by atoms with van der Waals surface area (Å²) in [6, 6.07) is 0. The zero-order valence-corrected chi connectivity index (χ0v) is 50.1. The largest absolute Gasteiger partial charge is 0.462 e. The van der Waals surface area contributed by atoms with E-state index in [1.807, 2.05) is 12.2 Å². The molecule has 0 rings (SSSR count). The predicted molar refractivity (Wildman–Crippen MR) is 338 cm³/mol. The first-order valence-electron chi connectivity index (χ1n) is 31.5. The fourth-order valence-electron chi connectivity index (χ4n) is 8.15. The van der Waals surface area contributed by atoms with E-state index < -0.39 is 12.1 Å². The lowest BCUT2D eigenvalue weighted by Gasteiger charge is -2.18. The first-order chi connectivity index (χ1) is 38.5. The number of hydrogen-bond donors (Lipinski definition) is 0. The van der Waals surface area contributed by atoms with Crippen LogP contribution in [0, 0.1) is 0 Å². The van der Waals surface area contributed by atoms with Crippen LogP contribution < -0.4 is 0 Å². The van der Waals surface area contributed by atoms with Crippen molar-refractivity contribution >= 4 is 17.9 Å². The predicted octanol–water partition coefficient (Wildman–Crippen LogP) is 21.7. The Morgan fingerprint density at radius 1 is 0.269 bits per heavy atom. The van der Waals surface area contributed by atoms with Crippen molar-refractivity contribution in [2.24, 2.45) is 0 Å². The Kier molecular flexibility index (Phi) is 60.4. The third kappa shape index (κ3) is 61.9. The lowest BCUT2D eigenvalue weighted by atomic mass is 10.0. The highest BCUT2D eigenvalue weighted by atomic mass is 16.6. The fraction of sp³-hybridized carbons (Fsp3) is 0.597. The zero-order chi connectivity index (χ0) is 56.4. The first-order valence-corrected chi connectivity index (χ1v) is 31.5. The molecule has 78 heavy (non-hydrogen) atoms. The molecule has 0 spiro atoms. The molecule has 1 unspecified atom stereocenters. The Labute approximate surface area is 480 Å². The van der Waals surface area contributed by atoms with Crippen LogP contribution >= 0.6 is 0 Å². The Hall–Kier alpha value is -4.97. The van der Waals surface area contributed by atoms with Crippen molar-refractivity contribution in [3.63, 3.8) is 0 Å². The number of rotatable bonds is 55. The summed E-state index contributed by atoms with van der Waals surface area (Å²) in [5, 5.41) is 0. The summed E-state index contributed by atoms with van der Waals surface area (Å²) in [4.78, 5) is 38.1. The minimum absolute atomic E-state index is 0.113. The molecule has 0 N–H and O–H groups in total. The molecule has 0 heterocycles. The molecule has 0 saturated carbocycles. The normalized spacial score (nSPS) is 13.2. The maximum Gasteiger partial charge on any atom is 0.306 e. The van der Waals surface area contributed by atoms with E-state index in [1.165, 1.54) is 89.9 Å². The SMILES string of the molecule is CC/C=C\C/C=C\C/C=C\C/C=C\C/C=C\C/C=C\C/C=C\CCCCCCCCCCCCCC(=O)OCC(COC(=O)CCCCCCCCCC)OC(=O)CC/C=C\C/C=C\C/C=C\C/C=C\C/C=C\C/C=C\CC. The highest BCUT2D eigenvalue weighted by molar-refractivity contribution is 5.71. The van der Waals surface area contributed by atoms with Crippen molar-refractivity contribution < 1.29 is 28.6 Å². The van der Waals surface area contributed by atoms with Gasteiger partial charge in [0.2, 0.25) is 0 Å². The molecule has 0 saturated heterocycles. The average Bonchev–Trinajstić information content (AvgIpc) is 3.44.